The molecule has 1 heterocycles. The fraction of sp³-hybridized carbons (Fsp3) is 0.538. The van der Waals surface area contributed by atoms with E-state index in [1.807, 2.05) is 0 Å². The maximum absolute atomic E-state index is 12.0. The summed E-state index contributed by atoms with van der Waals surface area (Å²) in [5, 5.41) is 0.333. The largest absolute Gasteiger partial charge is 0.379 e. The first-order valence-corrected chi connectivity index (χ1v) is 6.50. The van der Waals surface area contributed by atoms with Crippen LogP contribution in [0.4, 0.5) is 0 Å². The average molecular weight is 269 g/mol. The highest BCUT2D eigenvalue weighted by Crippen LogP contribution is 2.28. The number of carbonyl (C=O) groups excluding carboxylic acids is 1. The second kappa shape index (κ2) is 6.16. The van der Waals surface area contributed by atoms with E-state index >= 15 is 0 Å². The van der Waals surface area contributed by atoms with Gasteiger partial charge in [0.1, 0.15) is 10.8 Å². The van der Waals surface area contributed by atoms with Gasteiger partial charge in [-0.25, -0.2) is 4.98 Å². The van der Waals surface area contributed by atoms with E-state index in [1.165, 1.54) is 12.8 Å². The molecule has 0 atom stereocenters. The number of pyridine rings is 1. The molecular weight excluding hydrogens is 252 g/mol. The summed E-state index contributed by atoms with van der Waals surface area (Å²) in [6, 6.07) is 5.03. The van der Waals surface area contributed by atoms with Crippen molar-refractivity contribution in [3.05, 3.63) is 29.0 Å². The lowest BCUT2D eigenvalue weighted by atomic mass is 10.3. The predicted octanol–water partition coefficient (Wildman–Crippen LogP) is 2.23. The molecule has 1 aromatic rings. The number of halogens is 1. The molecule has 98 valence electrons. The molecule has 0 unspecified atom stereocenters. The van der Waals surface area contributed by atoms with Gasteiger partial charge < -0.3 is 9.64 Å². The van der Waals surface area contributed by atoms with Crippen molar-refractivity contribution in [2.24, 2.45) is 5.92 Å². The molecule has 5 heteroatoms. The van der Waals surface area contributed by atoms with Crippen molar-refractivity contribution in [2.75, 3.05) is 26.8 Å². The molecule has 2 rings (SSSR count). The van der Waals surface area contributed by atoms with E-state index in [-0.39, 0.29) is 5.91 Å². The highest BCUT2D eigenvalue weighted by atomic mass is 35.5. The third-order valence-electron chi connectivity index (χ3n) is 2.90. The van der Waals surface area contributed by atoms with Crippen molar-refractivity contribution in [2.45, 2.75) is 12.8 Å². The quantitative estimate of drug-likeness (QED) is 0.587. The van der Waals surface area contributed by atoms with Crippen LogP contribution in [-0.4, -0.2) is 42.6 Å². The second-order valence-electron chi connectivity index (χ2n) is 4.59. The molecule has 1 aliphatic rings. The number of hydrogen-bond donors (Lipinski definition) is 0. The highest BCUT2D eigenvalue weighted by Gasteiger charge is 2.21. The Labute approximate surface area is 112 Å². The van der Waals surface area contributed by atoms with Crippen molar-refractivity contribution in [3.63, 3.8) is 0 Å². The van der Waals surface area contributed by atoms with E-state index in [2.05, 4.69) is 4.98 Å². The molecule has 1 saturated carbocycles. The Morgan fingerprint density at radius 2 is 2.33 bits per heavy atom. The summed E-state index contributed by atoms with van der Waals surface area (Å²) >= 11 is 5.76. The van der Waals surface area contributed by atoms with E-state index < -0.39 is 0 Å². The molecule has 0 radical (unpaired) electrons. The molecule has 18 heavy (non-hydrogen) atoms. The van der Waals surface area contributed by atoms with Gasteiger partial charge in [-0.1, -0.05) is 17.7 Å². The van der Waals surface area contributed by atoms with Crippen LogP contribution in [0.25, 0.3) is 0 Å². The smallest absolute Gasteiger partial charge is 0.272 e. The molecule has 0 saturated heterocycles. The lowest BCUT2D eigenvalue weighted by Gasteiger charge is -2.16. The number of aromatic nitrogens is 1. The van der Waals surface area contributed by atoms with Crippen LogP contribution in [0.3, 0.4) is 0 Å². The van der Waals surface area contributed by atoms with Crippen molar-refractivity contribution >= 4 is 17.5 Å². The molecule has 1 fully saturated rings. The Morgan fingerprint density at radius 1 is 1.56 bits per heavy atom. The minimum atomic E-state index is -0.132. The van der Waals surface area contributed by atoms with Crippen LogP contribution in [0.2, 0.25) is 5.15 Å². The fourth-order valence-electron chi connectivity index (χ4n) is 1.56. The van der Waals surface area contributed by atoms with Crippen LogP contribution in [0.15, 0.2) is 18.2 Å². The standard InChI is InChI=1S/C13H17ClN2O2/c1-16(7-8-18-9-10-5-6-10)13(17)11-3-2-4-12(14)15-11/h2-4,10H,5-9H2,1H3. The van der Waals surface area contributed by atoms with Gasteiger partial charge in [-0.3, -0.25) is 4.79 Å². The van der Waals surface area contributed by atoms with Crippen LogP contribution in [0.1, 0.15) is 23.3 Å². The normalized spacial score (nSPS) is 14.6. The molecule has 0 bridgehead atoms. The number of amides is 1. The molecule has 4 nitrogen and oxygen atoms in total. The molecular formula is C13H17ClN2O2. The zero-order chi connectivity index (χ0) is 13.0. The van der Waals surface area contributed by atoms with Gasteiger partial charge in [-0.05, 0) is 30.9 Å². The third-order valence-corrected chi connectivity index (χ3v) is 3.11. The number of ether oxygens (including phenoxy) is 1. The second-order valence-corrected chi connectivity index (χ2v) is 4.98. The summed E-state index contributed by atoms with van der Waals surface area (Å²) in [5.74, 6) is 0.619. The lowest BCUT2D eigenvalue weighted by Crippen LogP contribution is -2.31. The van der Waals surface area contributed by atoms with Crippen LogP contribution >= 0.6 is 11.6 Å². The predicted molar refractivity (Wildman–Crippen MR) is 69.8 cm³/mol. The van der Waals surface area contributed by atoms with Crippen molar-refractivity contribution in [1.29, 1.82) is 0 Å². The summed E-state index contributed by atoms with van der Waals surface area (Å²) in [7, 11) is 1.74. The van der Waals surface area contributed by atoms with Crippen molar-refractivity contribution in [1.82, 2.24) is 9.88 Å². The molecule has 1 aliphatic carbocycles. The van der Waals surface area contributed by atoms with E-state index in [0.717, 1.165) is 12.5 Å². The Hall–Kier alpha value is -1.13. The molecule has 0 aliphatic heterocycles. The number of hydrogen-bond acceptors (Lipinski definition) is 3. The Bertz CT molecular complexity index is 421. The van der Waals surface area contributed by atoms with Crippen LogP contribution in [0.5, 0.6) is 0 Å². The van der Waals surface area contributed by atoms with E-state index in [9.17, 15) is 4.79 Å². The zero-order valence-electron chi connectivity index (χ0n) is 10.4. The zero-order valence-corrected chi connectivity index (χ0v) is 11.2. The number of carbonyl (C=O) groups is 1. The summed E-state index contributed by atoms with van der Waals surface area (Å²) in [6.45, 7) is 1.95. The molecule has 1 aromatic heterocycles. The summed E-state index contributed by atoms with van der Waals surface area (Å²) in [4.78, 5) is 17.6. The van der Waals surface area contributed by atoms with Gasteiger partial charge in [0.2, 0.25) is 0 Å². The monoisotopic (exact) mass is 268 g/mol. The number of likely N-dealkylation sites (N-methyl/N-ethyl adjacent to an activating group) is 1. The minimum absolute atomic E-state index is 0.132. The minimum Gasteiger partial charge on any atom is -0.379 e. The Balaban J connectivity index is 1.76. The number of rotatable bonds is 6. The van der Waals surface area contributed by atoms with E-state index in [0.29, 0.717) is 24.0 Å². The fourth-order valence-corrected chi connectivity index (χ4v) is 1.72. The van der Waals surface area contributed by atoms with Gasteiger partial charge in [-0.2, -0.15) is 0 Å². The lowest BCUT2D eigenvalue weighted by molar-refractivity contribution is 0.0676. The number of nitrogens with zero attached hydrogens (tertiary/aromatic N) is 2. The Kier molecular flexibility index (Phi) is 4.55. The van der Waals surface area contributed by atoms with Gasteiger partial charge in [0.15, 0.2) is 0 Å². The molecule has 0 N–H and O–H groups in total. The summed E-state index contributed by atoms with van der Waals surface area (Å²) in [6.07, 6.45) is 2.56. The van der Waals surface area contributed by atoms with E-state index in [1.54, 1.807) is 30.1 Å². The summed E-state index contributed by atoms with van der Waals surface area (Å²) in [5.41, 5.74) is 0.368. The van der Waals surface area contributed by atoms with Gasteiger partial charge in [0.05, 0.1) is 6.61 Å². The van der Waals surface area contributed by atoms with E-state index in [4.69, 9.17) is 16.3 Å². The molecule has 0 spiro atoms. The van der Waals surface area contributed by atoms with Gasteiger partial charge in [0, 0.05) is 20.2 Å². The van der Waals surface area contributed by atoms with Crippen molar-refractivity contribution in [3.8, 4) is 0 Å². The van der Waals surface area contributed by atoms with Crippen LogP contribution < -0.4 is 0 Å². The van der Waals surface area contributed by atoms with Gasteiger partial charge in [0.25, 0.3) is 5.91 Å². The first kappa shape index (κ1) is 13.3. The summed E-state index contributed by atoms with van der Waals surface area (Å²) < 4.78 is 5.50. The SMILES string of the molecule is CN(CCOCC1CC1)C(=O)c1cccc(Cl)n1. The molecule has 1 amide bonds. The van der Waals surface area contributed by atoms with Crippen LogP contribution in [-0.2, 0) is 4.74 Å². The molecule has 0 aromatic carbocycles. The van der Waals surface area contributed by atoms with Crippen LogP contribution in [0, 0.1) is 5.92 Å². The Morgan fingerprint density at radius 3 is 3.00 bits per heavy atom. The van der Waals surface area contributed by atoms with Gasteiger partial charge >= 0.3 is 0 Å². The first-order valence-electron chi connectivity index (χ1n) is 6.12. The topological polar surface area (TPSA) is 42.4 Å². The van der Waals surface area contributed by atoms with Crippen molar-refractivity contribution < 1.29 is 9.53 Å². The first-order chi connectivity index (χ1) is 8.66. The van der Waals surface area contributed by atoms with Gasteiger partial charge in [-0.15, -0.1) is 0 Å². The third kappa shape index (κ3) is 3.96. The maximum Gasteiger partial charge on any atom is 0.272 e. The average Bonchev–Trinajstić information content (AvgIpc) is 3.17. The maximum atomic E-state index is 12.0. The highest BCUT2D eigenvalue weighted by molar-refractivity contribution is 6.29.